The van der Waals surface area contributed by atoms with E-state index in [1.807, 2.05) is 49.4 Å². The average Bonchev–Trinajstić information content (AvgIpc) is 2.44. The molecule has 0 saturated carbocycles. The number of hydrogen-bond acceptors (Lipinski definition) is 3. The van der Waals surface area contributed by atoms with E-state index >= 15 is 0 Å². The quantitative estimate of drug-likeness (QED) is 0.742. The van der Waals surface area contributed by atoms with Crippen molar-refractivity contribution in [3.63, 3.8) is 0 Å². The lowest BCUT2D eigenvalue weighted by Crippen LogP contribution is -1.96. The maximum atomic E-state index is 6.03. The minimum atomic E-state index is 0.527. The van der Waals surface area contributed by atoms with Gasteiger partial charge in [-0.2, -0.15) is 0 Å². The van der Waals surface area contributed by atoms with Gasteiger partial charge in [0.1, 0.15) is 5.75 Å². The number of halogens is 1. The summed E-state index contributed by atoms with van der Waals surface area (Å²) in [5, 5.41) is 0.891. The zero-order chi connectivity index (χ0) is 14.1. The molecule has 0 unspecified atom stereocenters. The van der Waals surface area contributed by atoms with Gasteiger partial charge in [-0.25, -0.2) is 0 Å². The van der Waals surface area contributed by atoms with Crippen LogP contribution in [0.4, 0.5) is 5.69 Å². The number of ether oxygens (including phenoxy) is 1. The van der Waals surface area contributed by atoms with Crippen LogP contribution in [-0.4, -0.2) is 4.98 Å². The number of para-hydroxylation sites is 1. The summed E-state index contributed by atoms with van der Waals surface area (Å²) in [4.78, 5) is 4.32. The molecule has 0 aliphatic carbocycles. The molecule has 1 aromatic heterocycles. The number of nitrogens with zero attached hydrogens (tertiary/aromatic N) is 1. The van der Waals surface area contributed by atoms with Crippen molar-refractivity contribution in [1.82, 2.24) is 4.98 Å². The summed E-state index contributed by atoms with van der Waals surface area (Å²) in [6.45, 7) is 2.00. The fourth-order valence-corrected chi connectivity index (χ4v) is 2.41. The molecule has 3 nitrogen and oxygen atoms in total. The highest BCUT2D eigenvalue weighted by molar-refractivity contribution is 9.10. The Kier molecular flexibility index (Phi) is 3.32. The van der Waals surface area contributed by atoms with E-state index in [1.165, 1.54) is 0 Å². The Labute approximate surface area is 125 Å². The Hall–Kier alpha value is -2.07. The van der Waals surface area contributed by atoms with Crippen LogP contribution in [0.3, 0.4) is 0 Å². The Morgan fingerprint density at radius 3 is 2.75 bits per heavy atom. The van der Waals surface area contributed by atoms with Crippen LogP contribution < -0.4 is 10.5 Å². The van der Waals surface area contributed by atoms with Crippen LogP contribution in [0.25, 0.3) is 10.9 Å². The highest BCUT2D eigenvalue weighted by atomic mass is 79.9. The Morgan fingerprint density at radius 1 is 1.15 bits per heavy atom. The lowest BCUT2D eigenvalue weighted by atomic mass is 10.2. The van der Waals surface area contributed by atoms with Crippen LogP contribution in [0.15, 0.2) is 53.1 Å². The summed E-state index contributed by atoms with van der Waals surface area (Å²) in [5.74, 6) is 1.44. The normalized spacial score (nSPS) is 10.7. The third-order valence-corrected chi connectivity index (χ3v) is 3.61. The number of hydrogen-bond donors (Lipinski definition) is 1. The maximum absolute atomic E-state index is 6.03. The molecule has 0 spiro atoms. The van der Waals surface area contributed by atoms with Gasteiger partial charge in [-0.1, -0.05) is 34.1 Å². The van der Waals surface area contributed by atoms with Crippen molar-refractivity contribution < 1.29 is 4.74 Å². The molecule has 2 N–H and O–H groups in total. The molecule has 20 heavy (non-hydrogen) atoms. The standard InChI is InChI=1S/C16H13BrN2O/c1-10-4-2-3-5-15(10)20-16-12-8-11(17)6-7-14(12)19-9-13(16)18/h2-9H,18H2,1H3. The van der Waals surface area contributed by atoms with Gasteiger partial charge in [0.2, 0.25) is 0 Å². The monoisotopic (exact) mass is 328 g/mol. The predicted molar refractivity (Wildman–Crippen MR) is 85.1 cm³/mol. The van der Waals surface area contributed by atoms with Gasteiger partial charge in [0.15, 0.2) is 5.75 Å². The van der Waals surface area contributed by atoms with Gasteiger partial charge in [-0.15, -0.1) is 0 Å². The number of benzene rings is 2. The molecule has 0 amide bonds. The first-order valence-electron chi connectivity index (χ1n) is 6.22. The van der Waals surface area contributed by atoms with E-state index in [9.17, 15) is 0 Å². The van der Waals surface area contributed by atoms with Gasteiger partial charge in [-0.05, 0) is 36.8 Å². The predicted octanol–water partition coefficient (Wildman–Crippen LogP) is 4.68. The molecule has 0 aliphatic rings. The van der Waals surface area contributed by atoms with Crippen LogP contribution in [0.2, 0.25) is 0 Å². The van der Waals surface area contributed by atoms with Crippen molar-refractivity contribution in [3.05, 3.63) is 58.7 Å². The zero-order valence-electron chi connectivity index (χ0n) is 10.9. The number of aryl methyl sites for hydroxylation is 1. The van der Waals surface area contributed by atoms with Crippen LogP contribution in [0.5, 0.6) is 11.5 Å². The van der Waals surface area contributed by atoms with Gasteiger partial charge in [0.05, 0.1) is 17.4 Å². The molecular formula is C16H13BrN2O. The van der Waals surface area contributed by atoms with E-state index in [2.05, 4.69) is 20.9 Å². The van der Waals surface area contributed by atoms with E-state index in [1.54, 1.807) is 6.20 Å². The number of aromatic nitrogens is 1. The molecule has 4 heteroatoms. The smallest absolute Gasteiger partial charge is 0.161 e. The second kappa shape index (κ2) is 5.13. The van der Waals surface area contributed by atoms with Crippen molar-refractivity contribution in [2.45, 2.75) is 6.92 Å². The van der Waals surface area contributed by atoms with E-state index in [-0.39, 0.29) is 0 Å². The first-order chi connectivity index (χ1) is 9.65. The van der Waals surface area contributed by atoms with E-state index in [0.29, 0.717) is 11.4 Å². The minimum absolute atomic E-state index is 0.527. The first-order valence-corrected chi connectivity index (χ1v) is 7.01. The molecule has 0 atom stereocenters. The highest BCUT2D eigenvalue weighted by Gasteiger charge is 2.10. The Morgan fingerprint density at radius 2 is 1.95 bits per heavy atom. The largest absolute Gasteiger partial charge is 0.454 e. The van der Waals surface area contributed by atoms with Crippen LogP contribution in [0.1, 0.15) is 5.56 Å². The zero-order valence-corrected chi connectivity index (χ0v) is 12.5. The van der Waals surface area contributed by atoms with Crippen molar-refractivity contribution in [2.24, 2.45) is 0 Å². The SMILES string of the molecule is Cc1ccccc1Oc1c(N)cnc2ccc(Br)cc12. The summed E-state index contributed by atoms with van der Waals surface area (Å²) in [6.07, 6.45) is 1.63. The second-order valence-corrected chi connectivity index (χ2v) is 5.49. The number of fused-ring (bicyclic) bond motifs is 1. The molecule has 0 saturated heterocycles. The molecule has 0 bridgehead atoms. The average molecular weight is 329 g/mol. The summed E-state index contributed by atoms with van der Waals surface area (Å²) < 4.78 is 6.99. The molecule has 2 aromatic carbocycles. The van der Waals surface area contributed by atoms with Crippen LogP contribution in [-0.2, 0) is 0 Å². The molecular weight excluding hydrogens is 316 g/mol. The van der Waals surface area contributed by atoms with Gasteiger partial charge in [0, 0.05) is 9.86 Å². The number of rotatable bonds is 2. The van der Waals surface area contributed by atoms with Crippen molar-refractivity contribution in [3.8, 4) is 11.5 Å². The highest BCUT2D eigenvalue weighted by Crippen LogP contribution is 2.36. The van der Waals surface area contributed by atoms with E-state index in [0.717, 1.165) is 26.7 Å². The molecule has 0 radical (unpaired) electrons. The number of anilines is 1. The summed E-state index contributed by atoms with van der Waals surface area (Å²) in [5.41, 5.74) is 8.47. The van der Waals surface area contributed by atoms with Gasteiger partial charge < -0.3 is 10.5 Å². The lowest BCUT2D eigenvalue weighted by molar-refractivity contribution is 0.486. The number of nitrogens with two attached hydrogens (primary N) is 1. The third kappa shape index (κ3) is 2.34. The Balaban J connectivity index is 2.17. The summed E-state index contributed by atoms with van der Waals surface area (Å²) in [6, 6.07) is 13.7. The van der Waals surface area contributed by atoms with E-state index in [4.69, 9.17) is 10.5 Å². The fourth-order valence-electron chi connectivity index (χ4n) is 2.05. The van der Waals surface area contributed by atoms with Gasteiger partial charge in [0.25, 0.3) is 0 Å². The van der Waals surface area contributed by atoms with Crippen LogP contribution in [0, 0.1) is 6.92 Å². The maximum Gasteiger partial charge on any atom is 0.161 e. The molecule has 0 fully saturated rings. The number of pyridine rings is 1. The van der Waals surface area contributed by atoms with Gasteiger partial charge in [-0.3, -0.25) is 4.98 Å². The van der Waals surface area contributed by atoms with Crippen LogP contribution >= 0.6 is 15.9 Å². The molecule has 1 heterocycles. The fraction of sp³-hybridized carbons (Fsp3) is 0.0625. The first kappa shape index (κ1) is 12.9. The topological polar surface area (TPSA) is 48.1 Å². The second-order valence-electron chi connectivity index (χ2n) is 4.57. The molecule has 3 rings (SSSR count). The molecule has 3 aromatic rings. The van der Waals surface area contributed by atoms with Crippen molar-refractivity contribution in [1.29, 1.82) is 0 Å². The summed E-state index contributed by atoms with van der Waals surface area (Å²) >= 11 is 3.47. The van der Waals surface area contributed by atoms with E-state index < -0.39 is 0 Å². The minimum Gasteiger partial charge on any atom is -0.454 e. The third-order valence-electron chi connectivity index (χ3n) is 3.11. The molecule has 0 aliphatic heterocycles. The van der Waals surface area contributed by atoms with Crippen molar-refractivity contribution in [2.75, 3.05) is 5.73 Å². The Bertz CT molecular complexity index is 781. The summed E-state index contributed by atoms with van der Waals surface area (Å²) in [7, 11) is 0. The molecule has 100 valence electrons. The lowest BCUT2D eigenvalue weighted by Gasteiger charge is -2.13. The number of nitrogen functional groups attached to an aromatic ring is 1. The van der Waals surface area contributed by atoms with Gasteiger partial charge >= 0.3 is 0 Å². The van der Waals surface area contributed by atoms with Crippen molar-refractivity contribution >= 4 is 32.5 Å².